The first-order chi connectivity index (χ1) is 11.5. The number of hydrogen-bond acceptors (Lipinski definition) is 2. The summed E-state index contributed by atoms with van der Waals surface area (Å²) >= 11 is 6.57. The SMILES string of the molecule is CC(C)(C)[C@H]1COC(C(CCl)(c2ccccc2)c2ccccc2)=N1. The van der Waals surface area contributed by atoms with Crippen molar-refractivity contribution in [2.75, 3.05) is 12.5 Å². The lowest BCUT2D eigenvalue weighted by Crippen LogP contribution is -2.39. The molecular weight excluding hydrogens is 318 g/mol. The van der Waals surface area contributed by atoms with Gasteiger partial charge in [-0.1, -0.05) is 81.4 Å². The second-order valence-corrected chi connectivity index (χ2v) is 7.67. The molecule has 1 aliphatic rings. The molecule has 1 aliphatic heterocycles. The molecule has 2 nitrogen and oxygen atoms in total. The number of hydrogen-bond donors (Lipinski definition) is 0. The van der Waals surface area contributed by atoms with Crippen LogP contribution in [0.2, 0.25) is 0 Å². The molecule has 0 amide bonds. The van der Waals surface area contributed by atoms with Gasteiger partial charge in [-0.3, -0.25) is 0 Å². The lowest BCUT2D eigenvalue weighted by molar-refractivity contribution is 0.229. The zero-order chi connectivity index (χ0) is 17.2. The predicted octanol–water partition coefficient (Wildman–Crippen LogP) is 5.05. The standard InChI is InChI=1S/C21H24ClNO/c1-20(2,3)18-14-24-19(23-18)21(15-22,16-10-6-4-7-11-16)17-12-8-5-9-13-17/h4-13,18H,14-15H2,1-3H3/t18-/m1/s1. The Morgan fingerprint density at radius 1 is 0.958 bits per heavy atom. The number of ether oxygens (including phenoxy) is 1. The zero-order valence-corrected chi connectivity index (χ0v) is 15.3. The summed E-state index contributed by atoms with van der Waals surface area (Å²) in [5.74, 6) is 1.12. The molecule has 0 aliphatic carbocycles. The van der Waals surface area contributed by atoms with E-state index in [0.29, 0.717) is 12.5 Å². The maximum atomic E-state index is 6.57. The van der Waals surface area contributed by atoms with Crippen molar-refractivity contribution in [3.63, 3.8) is 0 Å². The van der Waals surface area contributed by atoms with Crippen LogP contribution in [0.15, 0.2) is 65.7 Å². The number of nitrogens with zero attached hydrogens (tertiary/aromatic N) is 1. The van der Waals surface area contributed by atoms with Crippen molar-refractivity contribution >= 4 is 17.5 Å². The molecule has 2 aromatic rings. The fourth-order valence-corrected chi connectivity index (χ4v) is 3.54. The Kier molecular flexibility index (Phi) is 4.69. The molecule has 0 unspecified atom stereocenters. The summed E-state index contributed by atoms with van der Waals surface area (Å²) in [4.78, 5) is 4.97. The molecule has 2 aromatic carbocycles. The first-order valence-corrected chi connectivity index (χ1v) is 8.90. The van der Waals surface area contributed by atoms with E-state index >= 15 is 0 Å². The summed E-state index contributed by atoms with van der Waals surface area (Å²) in [6.45, 7) is 7.19. The number of halogens is 1. The molecular formula is C21H24ClNO. The molecule has 0 fully saturated rings. The Bertz CT molecular complexity index is 664. The van der Waals surface area contributed by atoms with Crippen LogP contribution in [0.3, 0.4) is 0 Å². The Balaban J connectivity index is 2.17. The van der Waals surface area contributed by atoms with Crippen molar-refractivity contribution in [3.05, 3.63) is 71.8 Å². The Morgan fingerprint density at radius 2 is 1.46 bits per heavy atom. The van der Waals surface area contributed by atoms with Gasteiger partial charge in [-0.25, -0.2) is 4.99 Å². The summed E-state index contributed by atoms with van der Waals surface area (Å²) < 4.78 is 6.12. The van der Waals surface area contributed by atoms with Gasteiger partial charge in [0.2, 0.25) is 5.90 Å². The van der Waals surface area contributed by atoms with Crippen molar-refractivity contribution in [3.8, 4) is 0 Å². The van der Waals surface area contributed by atoms with Gasteiger partial charge < -0.3 is 4.74 Å². The van der Waals surface area contributed by atoms with Crippen LogP contribution in [-0.4, -0.2) is 24.4 Å². The van der Waals surface area contributed by atoms with Crippen molar-refractivity contribution in [1.29, 1.82) is 0 Å². The van der Waals surface area contributed by atoms with Crippen LogP contribution in [0, 0.1) is 5.41 Å². The van der Waals surface area contributed by atoms with E-state index in [9.17, 15) is 0 Å². The molecule has 3 rings (SSSR count). The first kappa shape index (κ1) is 17.0. The number of alkyl halides is 1. The first-order valence-electron chi connectivity index (χ1n) is 8.36. The monoisotopic (exact) mass is 341 g/mol. The van der Waals surface area contributed by atoms with Gasteiger partial charge in [-0.2, -0.15) is 0 Å². The van der Waals surface area contributed by atoms with Crippen LogP contribution in [0.5, 0.6) is 0 Å². The van der Waals surface area contributed by atoms with E-state index < -0.39 is 5.41 Å². The molecule has 24 heavy (non-hydrogen) atoms. The van der Waals surface area contributed by atoms with Gasteiger partial charge in [0.15, 0.2) is 0 Å². The molecule has 1 atom stereocenters. The molecule has 0 bridgehead atoms. The molecule has 126 valence electrons. The lowest BCUT2D eigenvalue weighted by Gasteiger charge is -2.32. The highest BCUT2D eigenvalue weighted by atomic mass is 35.5. The van der Waals surface area contributed by atoms with Gasteiger partial charge in [0.1, 0.15) is 12.0 Å². The molecule has 0 radical (unpaired) electrons. The minimum atomic E-state index is -0.552. The zero-order valence-electron chi connectivity index (χ0n) is 14.5. The van der Waals surface area contributed by atoms with Crippen LogP contribution in [0.4, 0.5) is 0 Å². The average molecular weight is 342 g/mol. The number of rotatable bonds is 4. The molecule has 3 heteroatoms. The third-order valence-corrected chi connectivity index (χ3v) is 5.15. The second-order valence-electron chi connectivity index (χ2n) is 7.40. The van der Waals surface area contributed by atoms with Gasteiger partial charge in [0.05, 0.1) is 6.04 Å². The Labute approximate surface area is 149 Å². The van der Waals surface area contributed by atoms with Crippen LogP contribution in [0.1, 0.15) is 31.9 Å². The quantitative estimate of drug-likeness (QED) is 0.713. The molecule has 0 aromatic heterocycles. The Hall–Kier alpha value is -1.80. The fraction of sp³-hybridized carbons (Fsp3) is 0.381. The van der Waals surface area contributed by atoms with Crippen LogP contribution in [-0.2, 0) is 10.2 Å². The highest BCUT2D eigenvalue weighted by Gasteiger charge is 2.45. The number of aliphatic imine (C=N–C) groups is 1. The van der Waals surface area contributed by atoms with E-state index in [1.54, 1.807) is 0 Å². The van der Waals surface area contributed by atoms with Crippen LogP contribution in [0.25, 0.3) is 0 Å². The summed E-state index contributed by atoms with van der Waals surface area (Å²) in [6, 6.07) is 20.7. The number of benzene rings is 2. The minimum Gasteiger partial charge on any atom is -0.478 e. The van der Waals surface area contributed by atoms with E-state index in [2.05, 4.69) is 45.0 Å². The summed E-state index contributed by atoms with van der Waals surface area (Å²) in [6.07, 6.45) is 0. The summed E-state index contributed by atoms with van der Waals surface area (Å²) in [5.41, 5.74) is 1.73. The van der Waals surface area contributed by atoms with Crippen molar-refractivity contribution in [1.82, 2.24) is 0 Å². The maximum Gasteiger partial charge on any atom is 0.200 e. The molecule has 0 spiro atoms. The third kappa shape index (κ3) is 2.95. The van der Waals surface area contributed by atoms with Crippen LogP contribution < -0.4 is 0 Å². The van der Waals surface area contributed by atoms with Crippen molar-refractivity contribution < 1.29 is 4.74 Å². The average Bonchev–Trinajstić information content (AvgIpc) is 3.09. The normalized spacial score (nSPS) is 18.2. The molecule has 0 N–H and O–H groups in total. The summed E-state index contributed by atoms with van der Waals surface area (Å²) in [7, 11) is 0. The summed E-state index contributed by atoms with van der Waals surface area (Å²) in [5, 5.41) is 0. The predicted molar refractivity (Wildman–Crippen MR) is 101 cm³/mol. The molecule has 1 heterocycles. The third-order valence-electron chi connectivity index (χ3n) is 4.75. The van der Waals surface area contributed by atoms with Gasteiger partial charge >= 0.3 is 0 Å². The minimum absolute atomic E-state index is 0.0627. The lowest BCUT2D eigenvalue weighted by atomic mass is 9.75. The Morgan fingerprint density at radius 3 is 1.83 bits per heavy atom. The van der Waals surface area contributed by atoms with Gasteiger partial charge in [-0.15, -0.1) is 11.6 Å². The van der Waals surface area contributed by atoms with E-state index in [1.165, 1.54) is 0 Å². The van der Waals surface area contributed by atoms with Gasteiger partial charge in [-0.05, 0) is 16.5 Å². The van der Waals surface area contributed by atoms with Gasteiger partial charge in [0, 0.05) is 5.88 Å². The van der Waals surface area contributed by atoms with E-state index in [1.807, 2.05) is 36.4 Å². The van der Waals surface area contributed by atoms with Crippen LogP contribution >= 0.6 is 11.6 Å². The van der Waals surface area contributed by atoms with E-state index in [0.717, 1.165) is 17.0 Å². The van der Waals surface area contributed by atoms with Crippen molar-refractivity contribution in [2.45, 2.75) is 32.2 Å². The largest absolute Gasteiger partial charge is 0.478 e. The fourth-order valence-electron chi connectivity index (χ4n) is 3.12. The van der Waals surface area contributed by atoms with Gasteiger partial charge in [0.25, 0.3) is 0 Å². The topological polar surface area (TPSA) is 21.6 Å². The van der Waals surface area contributed by atoms with E-state index in [4.69, 9.17) is 21.3 Å². The molecule has 0 saturated heterocycles. The highest BCUT2D eigenvalue weighted by molar-refractivity contribution is 6.21. The van der Waals surface area contributed by atoms with E-state index in [-0.39, 0.29) is 11.5 Å². The van der Waals surface area contributed by atoms with Crippen molar-refractivity contribution in [2.24, 2.45) is 10.4 Å². The highest BCUT2D eigenvalue weighted by Crippen LogP contribution is 2.39. The second kappa shape index (κ2) is 6.60. The maximum absolute atomic E-state index is 6.57. The smallest absolute Gasteiger partial charge is 0.200 e. The molecule has 0 saturated carbocycles.